The summed E-state index contributed by atoms with van der Waals surface area (Å²) in [4.78, 5) is 11.2. The molecule has 34 heavy (non-hydrogen) atoms. The largest absolute Gasteiger partial charge is 0.478 e. The van der Waals surface area contributed by atoms with Gasteiger partial charge in [0.1, 0.15) is 0 Å². The van der Waals surface area contributed by atoms with E-state index in [4.69, 9.17) is 0 Å². The van der Waals surface area contributed by atoms with Crippen molar-refractivity contribution in [2.24, 2.45) is 50.7 Å². The highest BCUT2D eigenvalue weighted by atomic mass is 16.4. The molecule has 5 aliphatic carbocycles. The zero-order valence-electron chi connectivity index (χ0n) is 22.4. The van der Waals surface area contributed by atoms with Crippen molar-refractivity contribution in [1.82, 2.24) is 0 Å². The van der Waals surface area contributed by atoms with E-state index in [9.17, 15) is 20.1 Å². The molecule has 0 aliphatic heterocycles. The maximum absolute atomic E-state index is 11.2. The number of hydrogen-bond donors (Lipinski definition) is 3. The van der Waals surface area contributed by atoms with Crippen molar-refractivity contribution in [1.29, 1.82) is 0 Å². The van der Waals surface area contributed by atoms with Crippen molar-refractivity contribution in [2.75, 3.05) is 0 Å². The molecule has 4 heteroatoms. The second-order valence-electron chi connectivity index (χ2n) is 14.4. The van der Waals surface area contributed by atoms with Crippen LogP contribution in [0.1, 0.15) is 106 Å². The van der Waals surface area contributed by atoms with Gasteiger partial charge in [-0.1, -0.05) is 40.7 Å². The molecule has 10 unspecified atom stereocenters. The lowest BCUT2D eigenvalue weighted by Gasteiger charge is -2.63. The van der Waals surface area contributed by atoms with Gasteiger partial charge in [0, 0.05) is 5.57 Å². The highest BCUT2D eigenvalue weighted by Crippen LogP contribution is 2.89. The van der Waals surface area contributed by atoms with Gasteiger partial charge in [-0.3, -0.25) is 0 Å². The molecule has 0 radical (unpaired) electrons. The quantitative estimate of drug-likeness (QED) is 0.416. The molecule has 5 rings (SSSR count). The molecule has 3 N–H and O–H groups in total. The molecular formula is C30H48O4. The van der Waals surface area contributed by atoms with Crippen molar-refractivity contribution < 1.29 is 20.1 Å². The minimum atomic E-state index is -0.898. The Morgan fingerprint density at radius 1 is 0.941 bits per heavy atom. The van der Waals surface area contributed by atoms with E-state index >= 15 is 0 Å². The van der Waals surface area contributed by atoms with E-state index in [1.807, 2.05) is 0 Å². The van der Waals surface area contributed by atoms with Crippen LogP contribution < -0.4 is 0 Å². The number of carbonyl (C=O) groups is 1. The van der Waals surface area contributed by atoms with Crippen LogP contribution in [-0.2, 0) is 4.79 Å². The Labute approximate surface area is 206 Å². The van der Waals surface area contributed by atoms with Gasteiger partial charge in [0.25, 0.3) is 0 Å². The Balaban J connectivity index is 1.39. The Bertz CT molecular complexity index is 892. The average molecular weight is 473 g/mol. The summed E-state index contributed by atoms with van der Waals surface area (Å²) >= 11 is 0. The SMILES string of the molecule is C/C(=C/CC(O)C(C)C1CCC2(C)C3CCC4C(C)(C)C(O)CCC45CC35CCC12C)C(=O)O. The number of fused-ring (bicyclic) bond motifs is 2. The molecule has 0 heterocycles. The van der Waals surface area contributed by atoms with Gasteiger partial charge in [-0.2, -0.15) is 0 Å². The Morgan fingerprint density at radius 2 is 1.59 bits per heavy atom. The number of aliphatic hydroxyl groups excluding tert-OH is 2. The standard InChI is InChI=1S/C30H48O4/c1-18(25(33)34)7-8-21(31)19(2)20-11-13-28(6)23-10-9-22-26(3,4)24(32)12-14-29(22)17-30(23,29)16-15-27(20,28)5/h7,19-24,31-32H,8-17H2,1-6H3,(H,33,34)/b18-7-. The van der Waals surface area contributed by atoms with Crippen LogP contribution in [0.3, 0.4) is 0 Å². The van der Waals surface area contributed by atoms with E-state index in [1.54, 1.807) is 13.0 Å². The number of carboxylic acids is 1. The number of hydrogen-bond acceptors (Lipinski definition) is 3. The second kappa shape index (κ2) is 7.57. The van der Waals surface area contributed by atoms with Crippen LogP contribution in [0.15, 0.2) is 11.6 Å². The van der Waals surface area contributed by atoms with Crippen LogP contribution in [0.2, 0.25) is 0 Å². The van der Waals surface area contributed by atoms with Gasteiger partial charge in [0.15, 0.2) is 0 Å². The van der Waals surface area contributed by atoms with E-state index in [0.717, 1.165) is 12.3 Å². The summed E-state index contributed by atoms with van der Waals surface area (Å²) in [7, 11) is 0. The monoisotopic (exact) mass is 472 g/mol. The normalized spacial score (nSPS) is 50.9. The first-order chi connectivity index (χ1) is 15.8. The van der Waals surface area contributed by atoms with Crippen molar-refractivity contribution in [3.63, 3.8) is 0 Å². The van der Waals surface area contributed by atoms with Crippen LogP contribution >= 0.6 is 0 Å². The number of aliphatic hydroxyl groups is 2. The van der Waals surface area contributed by atoms with Crippen LogP contribution in [0.4, 0.5) is 0 Å². The fraction of sp³-hybridized carbons (Fsp3) is 0.900. The third-order valence-corrected chi connectivity index (χ3v) is 13.4. The second-order valence-corrected chi connectivity index (χ2v) is 14.4. The molecule has 5 aliphatic rings. The summed E-state index contributed by atoms with van der Waals surface area (Å²) in [6, 6.07) is 0. The van der Waals surface area contributed by atoms with Crippen molar-refractivity contribution in [3.05, 3.63) is 11.6 Å². The van der Waals surface area contributed by atoms with E-state index < -0.39 is 12.1 Å². The van der Waals surface area contributed by atoms with Gasteiger partial charge >= 0.3 is 5.97 Å². The first-order valence-electron chi connectivity index (χ1n) is 14.0. The third-order valence-electron chi connectivity index (χ3n) is 13.4. The molecule has 10 atom stereocenters. The topological polar surface area (TPSA) is 77.8 Å². The van der Waals surface area contributed by atoms with E-state index in [1.165, 1.54) is 51.4 Å². The molecule has 0 aromatic rings. The summed E-state index contributed by atoms with van der Waals surface area (Å²) in [6.45, 7) is 13.6. The summed E-state index contributed by atoms with van der Waals surface area (Å²) < 4.78 is 0. The lowest BCUT2D eigenvalue weighted by molar-refractivity contribution is -0.163. The smallest absolute Gasteiger partial charge is 0.330 e. The lowest BCUT2D eigenvalue weighted by Crippen LogP contribution is -2.57. The van der Waals surface area contributed by atoms with E-state index in [-0.39, 0.29) is 22.9 Å². The summed E-state index contributed by atoms with van der Waals surface area (Å²) in [5.74, 6) is 1.19. The first-order valence-corrected chi connectivity index (χ1v) is 14.0. The van der Waals surface area contributed by atoms with E-state index in [0.29, 0.717) is 40.1 Å². The third kappa shape index (κ3) is 2.93. The molecule has 192 valence electrons. The fourth-order valence-corrected chi connectivity index (χ4v) is 11.1. The molecular weight excluding hydrogens is 424 g/mol. The van der Waals surface area contributed by atoms with Crippen molar-refractivity contribution in [2.45, 2.75) is 118 Å². The van der Waals surface area contributed by atoms with Gasteiger partial charge in [-0.25, -0.2) is 4.79 Å². The summed E-state index contributed by atoms with van der Waals surface area (Å²) in [6.07, 6.45) is 12.7. The van der Waals surface area contributed by atoms with E-state index in [2.05, 4.69) is 34.6 Å². The summed E-state index contributed by atoms with van der Waals surface area (Å²) in [5.41, 5.74) is 1.85. The van der Waals surface area contributed by atoms with Crippen LogP contribution in [0, 0.1) is 50.7 Å². The molecule has 0 amide bonds. The Hall–Kier alpha value is -0.870. The minimum absolute atomic E-state index is 0.0345. The fourth-order valence-electron chi connectivity index (χ4n) is 11.1. The van der Waals surface area contributed by atoms with Gasteiger partial charge in [-0.05, 0) is 122 Å². The lowest BCUT2D eigenvalue weighted by atomic mass is 9.41. The number of carboxylic acid groups (broad SMARTS) is 1. The van der Waals surface area contributed by atoms with Crippen molar-refractivity contribution >= 4 is 5.97 Å². The highest BCUT2D eigenvalue weighted by molar-refractivity contribution is 5.85. The van der Waals surface area contributed by atoms with Gasteiger partial charge in [0.05, 0.1) is 12.2 Å². The molecule has 2 spiro atoms. The van der Waals surface area contributed by atoms with Crippen LogP contribution in [0.25, 0.3) is 0 Å². The molecule has 5 saturated carbocycles. The van der Waals surface area contributed by atoms with Crippen molar-refractivity contribution in [3.8, 4) is 0 Å². The predicted octanol–water partition coefficient (Wildman–Crippen LogP) is 6.20. The summed E-state index contributed by atoms with van der Waals surface area (Å²) in [5, 5.41) is 31.1. The highest BCUT2D eigenvalue weighted by Gasteiger charge is 2.82. The number of aliphatic carboxylic acids is 1. The number of rotatable bonds is 5. The zero-order chi connectivity index (χ0) is 24.9. The molecule has 0 bridgehead atoms. The Morgan fingerprint density at radius 3 is 2.26 bits per heavy atom. The molecule has 4 nitrogen and oxygen atoms in total. The Kier molecular flexibility index (Phi) is 5.52. The molecule has 5 fully saturated rings. The van der Waals surface area contributed by atoms with Crippen LogP contribution in [0.5, 0.6) is 0 Å². The molecule has 0 aromatic heterocycles. The zero-order valence-corrected chi connectivity index (χ0v) is 22.4. The van der Waals surface area contributed by atoms with Crippen LogP contribution in [-0.4, -0.2) is 33.5 Å². The maximum Gasteiger partial charge on any atom is 0.330 e. The average Bonchev–Trinajstić information content (AvgIpc) is 3.37. The first kappa shape index (κ1) is 24.8. The van der Waals surface area contributed by atoms with Gasteiger partial charge in [-0.15, -0.1) is 0 Å². The molecule has 0 aromatic carbocycles. The maximum atomic E-state index is 11.2. The molecule has 0 saturated heterocycles. The van der Waals surface area contributed by atoms with Gasteiger partial charge < -0.3 is 15.3 Å². The van der Waals surface area contributed by atoms with Gasteiger partial charge in [0.2, 0.25) is 0 Å². The predicted molar refractivity (Wildman–Crippen MR) is 134 cm³/mol. The minimum Gasteiger partial charge on any atom is -0.478 e.